The fourth-order valence-electron chi connectivity index (χ4n) is 3.16. The third kappa shape index (κ3) is 4.02. The highest BCUT2D eigenvalue weighted by Crippen LogP contribution is 2.32. The molecule has 0 radical (unpaired) electrons. The third-order valence-electron chi connectivity index (χ3n) is 4.47. The topological polar surface area (TPSA) is 98.1 Å². The van der Waals surface area contributed by atoms with Crippen LogP contribution >= 0.6 is 23.7 Å². The van der Waals surface area contributed by atoms with E-state index >= 15 is 0 Å². The molecule has 3 heterocycles. The van der Waals surface area contributed by atoms with Crippen LogP contribution in [0, 0.1) is 0 Å². The van der Waals surface area contributed by atoms with Crippen molar-refractivity contribution in [2.75, 3.05) is 6.54 Å². The van der Waals surface area contributed by atoms with E-state index < -0.39 is 0 Å². The minimum absolute atomic E-state index is 0. The number of likely N-dealkylation sites (tertiary alicyclic amines) is 1. The summed E-state index contributed by atoms with van der Waals surface area (Å²) in [6.45, 7) is 0.994. The third-order valence-corrected chi connectivity index (χ3v) is 5.34. The van der Waals surface area contributed by atoms with Gasteiger partial charge in [-0.25, -0.2) is 4.98 Å². The largest absolute Gasteiger partial charge is 0.337 e. The number of hydrogen-bond acceptors (Lipinski definition) is 7. The predicted molar refractivity (Wildman–Crippen MR) is 105 cm³/mol. The van der Waals surface area contributed by atoms with Crippen LogP contribution < -0.4 is 5.73 Å². The summed E-state index contributed by atoms with van der Waals surface area (Å²) in [5, 5.41) is 6.61. The molecule has 1 fully saturated rings. The van der Waals surface area contributed by atoms with E-state index in [0.29, 0.717) is 30.5 Å². The average molecular weight is 406 g/mol. The first kappa shape index (κ1) is 19.5. The van der Waals surface area contributed by atoms with Gasteiger partial charge < -0.3 is 15.2 Å². The molecule has 1 aliphatic rings. The zero-order valence-electron chi connectivity index (χ0n) is 14.6. The van der Waals surface area contributed by atoms with Crippen LogP contribution in [-0.4, -0.2) is 32.5 Å². The van der Waals surface area contributed by atoms with Gasteiger partial charge in [-0.15, -0.1) is 23.7 Å². The van der Waals surface area contributed by atoms with Gasteiger partial charge in [-0.1, -0.05) is 35.5 Å². The number of hydrogen-bond donors (Lipinski definition) is 1. The van der Waals surface area contributed by atoms with Crippen LogP contribution in [0.3, 0.4) is 0 Å². The molecule has 9 heteroatoms. The van der Waals surface area contributed by atoms with Crippen molar-refractivity contribution in [2.45, 2.75) is 31.8 Å². The second-order valence-corrected chi connectivity index (χ2v) is 7.11. The second-order valence-electron chi connectivity index (χ2n) is 6.16. The minimum Gasteiger partial charge on any atom is -0.337 e. The van der Waals surface area contributed by atoms with Gasteiger partial charge in [0.2, 0.25) is 11.7 Å². The lowest BCUT2D eigenvalue weighted by Crippen LogP contribution is -2.38. The SMILES string of the molecule is Cl.NCc1nc(C(=O)N2CCCCC2c2nc(-c3ccccc3)no2)cs1. The Kier molecular flexibility index (Phi) is 6.20. The van der Waals surface area contributed by atoms with E-state index in [-0.39, 0.29) is 24.4 Å². The Hall–Kier alpha value is -2.29. The zero-order valence-corrected chi connectivity index (χ0v) is 16.2. The number of benzene rings is 1. The van der Waals surface area contributed by atoms with E-state index in [1.807, 2.05) is 30.3 Å². The van der Waals surface area contributed by atoms with Gasteiger partial charge in [-0.2, -0.15) is 4.98 Å². The van der Waals surface area contributed by atoms with Crippen molar-refractivity contribution in [3.63, 3.8) is 0 Å². The maximum atomic E-state index is 12.9. The molecular formula is C18H20ClN5O2S. The lowest BCUT2D eigenvalue weighted by Gasteiger charge is -2.32. The Morgan fingerprint density at radius 1 is 1.26 bits per heavy atom. The highest BCUT2D eigenvalue weighted by Gasteiger charge is 2.33. The molecule has 0 bridgehead atoms. The molecule has 1 atom stereocenters. The van der Waals surface area contributed by atoms with Crippen molar-refractivity contribution in [1.82, 2.24) is 20.0 Å². The van der Waals surface area contributed by atoms with Gasteiger partial charge in [0, 0.05) is 24.0 Å². The minimum atomic E-state index is -0.218. The Bertz CT molecular complexity index is 898. The molecule has 0 saturated carbocycles. The zero-order chi connectivity index (χ0) is 17.9. The Labute approximate surface area is 167 Å². The molecule has 3 aromatic rings. The fraction of sp³-hybridized carbons (Fsp3) is 0.333. The van der Waals surface area contributed by atoms with E-state index in [0.717, 1.165) is 29.8 Å². The Morgan fingerprint density at radius 2 is 2.07 bits per heavy atom. The summed E-state index contributed by atoms with van der Waals surface area (Å²) < 4.78 is 5.51. The molecule has 4 rings (SSSR count). The van der Waals surface area contributed by atoms with Crippen LogP contribution in [0.15, 0.2) is 40.2 Å². The van der Waals surface area contributed by atoms with Gasteiger partial charge in [0.05, 0.1) is 0 Å². The van der Waals surface area contributed by atoms with Crippen LogP contribution in [0.2, 0.25) is 0 Å². The lowest BCUT2D eigenvalue weighted by atomic mass is 10.0. The van der Waals surface area contributed by atoms with E-state index in [2.05, 4.69) is 15.1 Å². The number of thiazole rings is 1. The molecule has 0 aliphatic carbocycles. The quantitative estimate of drug-likeness (QED) is 0.713. The van der Waals surface area contributed by atoms with Crippen molar-refractivity contribution in [2.24, 2.45) is 5.73 Å². The normalized spacial score (nSPS) is 16.8. The van der Waals surface area contributed by atoms with Gasteiger partial charge in [-0.05, 0) is 19.3 Å². The standard InChI is InChI=1S/C18H19N5O2S.ClH/c19-10-15-20-13(11-26-15)18(24)23-9-5-4-8-14(23)17-21-16(22-25-17)12-6-2-1-3-7-12;/h1-3,6-7,11,14H,4-5,8-10,19H2;1H. The first-order chi connectivity index (χ1) is 12.8. The summed E-state index contributed by atoms with van der Waals surface area (Å²) >= 11 is 1.41. The highest BCUT2D eigenvalue weighted by atomic mass is 35.5. The molecule has 1 aliphatic heterocycles. The monoisotopic (exact) mass is 405 g/mol. The first-order valence-corrected chi connectivity index (χ1v) is 9.48. The molecule has 1 unspecified atom stereocenters. The average Bonchev–Trinajstić information content (AvgIpc) is 3.38. The van der Waals surface area contributed by atoms with Gasteiger partial charge in [-0.3, -0.25) is 4.79 Å². The summed E-state index contributed by atoms with van der Waals surface area (Å²) in [7, 11) is 0. The molecule has 142 valence electrons. The Balaban J connectivity index is 0.00000210. The van der Waals surface area contributed by atoms with Gasteiger partial charge >= 0.3 is 0 Å². The summed E-state index contributed by atoms with van der Waals surface area (Å²) in [6.07, 6.45) is 2.77. The number of rotatable bonds is 4. The number of piperidine rings is 1. The van der Waals surface area contributed by atoms with E-state index in [4.69, 9.17) is 10.3 Å². The molecular weight excluding hydrogens is 386 g/mol. The molecule has 27 heavy (non-hydrogen) atoms. The second kappa shape index (κ2) is 8.60. The number of nitrogens with two attached hydrogens (primary N) is 1. The van der Waals surface area contributed by atoms with Crippen molar-refractivity contribution in [1.29, 1.82) is 0 Å². The maximum absolute atomic E-state index is 12.9. The van der Waals surface area contributed by atoms with Gasteiger partial charge in [0.15, 0.2) is 0 Å². The molecule has 2 N–H and O–H groups in total. The van der Waals surface area contributed by atoms with E-state index in [1.54, 1.807) is 10.3 Å². The van der Waals surface area contributed by atoms with Crippen LogP contribution in [0.4, 0.5) is 0 Å². The predicted octanol–water partition coefficient (Wildman–Crippen LogP) is 3.44. The molecule has 7 nitrogen and oxygen atoms in total. The molecule has 1 saturated heterocycles. The van der Waals surface area contributed by atoms with Crippen molar-refractivity contribution in [3.8, 4) is 11.4 Å². The number of carbonyl (C=O) groups is 1. The van der Waals surface area contributed by atoms with Crippen molar-refractivity contribution >= 4 is 29.7 Å². The number of aromatic nitrogens is 3. The van der Waals surface area contributed by atoms with E-state index in [9.17, 15) is 4.79 Å². The smallest absolute Gasteiger partial charge is 0.274 e. The first-order valence-electron chi connectivity index (χ1n) is 8.60. The van der Waals surface area contributed by atoms with Crippen LogP contribution in [0.5, 0.6) is 0 Å². The number of carbonyl (C=O) groups excluding carboxylic acids is 1. The van der Waals surface area contributed by atoms with Gasteiger partial charge in [0.25, 0.3) is 5.91 Å². The Morgan fingerprint density at radius 3 is 2.81 bits per heavy atom. The van der Waals surface area contributed by atoms with Crippen molar-refractivity contribution in [3.05, 3.63) is 52.3 Å². The summed E-state index contributed by atoms with van der Waals surface area (Å²) in [6, 6.07) is 9.45. The van der Waals surface area contributed by atoms with Crippen LogP contribution in [0.1, 0.15) is 46.7 Å². The molecule has 1 amide bonds. The van der Waals surface area contributed by atoms with Crippen molar-refractivity contribution < 1.29 is 9.32 Å². The molecule has 2 aromatic heterocycles. The van der Waals surface area contributed by atoms with Gasteiger partial charge in [0.1, 0.15) is 16.7 Å². The lowest BCUT2D eigenvalue weighted by molar-refractivity contribution is 0.0556. The van der Waals surface area contributed by atoms with E-state index in [1.165, 1.54) is 11.3 Å². The summed E-state index contributed by atoms with van der Waals surface area (Å²) in [5.74, 6) is 0.911. The molecule has 0 spiro atoms. The molecule has 1 aromatic carbocycles. The fourth-order valence-corrected chi connectivity index (χ4v) is 3.80. The number of amides is 1. The van der Waals surface area contributed by atoms with Crippen LogP contribution in [-0.2, 0) is 6.54 Å². The number of nitrogens with zero attached hydrogens (tertiary/aromatic N) is 4. The summed E-state index contributed by atoms with van der Waals surface area (Å²) in [5.41, 5.74) is 6.94. The highest BCUT2D eigenvalue weighted by molar-refractivity contribution is 7.09. The van der Waals surface area contributed by atoms with Crippen LogP contribution in [0.25, 0.3) is 11.4 Å². The maximum Gasteiger partial charge on any atom is 0.274 e. The number of halogens is 1. The summed E-state index contributed by atoms with van der Waals surface area (Å²) in [4.78, 5) is 23.6.